The molecule has 5 nitrogen and oxygen atoms in total. The molecule has 1 saturated heterocycles. The van der Waals surface area contributed by atoms with Crippen molar-refractivity contribution >= 4 is 5.78 Å². The number of phenolic OH excluding ortho intramolecular Hbond substituents is 2. The van der Waals surface area contributed by atoms with Crippen molar-refractivity contribution in [2.45, 2.75) is 45.0 Å². The lowest BCUT2D eigenvalue weighted by Crippen LogP contribution is -2.48. The van der Waals surface area contributed by atoms with Gasteiger partial charge in [-0.2, -0.15) is 0 Å². The Bertz CT molecular complexity index is 502. The van der Waals surface area contributed by atoms with Gasteiger partial charge in [0.05, 0.1) is 6.10 Å². The van der Waals surface area contributed by atoms with E-state index in [9.17, 15) is 15.0 Å². The molecule has 0 spiro atoms. The quantitative estimate of drug-likeness (QED) is 0.832. The summed E-state index contributed by atoms with van der Waals surface area (Å²) in [7, 11) is 1.43. The molecule has 1 aromatic rings. The number of ether oxygens (including phenoxy) is 2. The molecule has 1 aliphatic rings. The standard InChI is InChI=1S/C15H20O5/c1-9-5-4-6-15(19-3,20-9)14(18)11-7-12(16)10(2)13(17)8-11/h7-9,16-17H,4-6H2,1-3H3. The maximum atomic E-state index is 12.6. The Labute approximate surface area is 118 Å². The number of hydrogen-bond donors (Lipinski definition) is 2. The van der Waals surface area contributed by atoms with E-state index in [2.05, 4.69) is 0 Å². The first-order valence-electron chi connectivity index (χ1n) is 6.70. The van der Waals surface area contributed by atoms with Crippen molar-refractivity contribution in [2.24, 2.45) is 0 Å². The molecule has 1 heterocycles. The van der Waals surface area contributed by atoms with Gasteiger partial charge in [0.1, 0.15) is 11.5 Å². The van der Waals surface area contributed by atoms with Crippen molar-refractivity contribution < 1.29 is 24.5 Å². The molecule has 0 saturated carbocycles. The van der Waals surface area contributed by atoms with Crippen LogP contribution in [0.4, 0.5) is 0 Å². The highest BCUT2D eigenvalue weighted by Gasteiger charge is 2.44. The third-order valence-corrected chi connectivity index (χ3v) is 3.80. The molecule has 1 aromatic carbocycles. The number of benzene rings is 1. The fourth-order valence-electron chi connectivity index (χ4n) is 2.51. The minimum Gasteiger partial charge on any atom is -0.508 e. The summed E-state index contributed by atoms with van der Waals surface area (Å²) in [5.41, 5.74) is 0.521. The third-order valence-electron chi connectivity index (χ3n) is 3.80. The second-order valence-corrected chi connectivity index (χ2v) is 5.25. The Morgan fingerprint density at radius 2 is 2.00 bits per heavy atom. The Morgan fingerprint density at radius 3 is 2.50 bits per heavy atom. The summed E-state index contributed by atoms with van der Waals surface area (Å²) in [5, 5.41) is 19.5. The van der Waals surface area contributed by atoms with Gasteiger partial charge in [-0.3, -0.25) is 4.79 Å². The summed E-state index contributed by atoms with van der Waals surface area (Å²) in [5.74, 6) is -1.95. The lowest BCUT2D eigenvalue weighted by molar-refractivity contribution is -0.229. The second kappa shape index (κ2) is 5.42. The maximum absolute atomic E-state index is 12.6. The number of methoxy groups -OCH3 is 1. The lowest BCUT2D eigenvalue weighted by atomic mass is 9.93. The topological polar surface area (TPSA) is 76.0 Å². The lowest BCUT2D eigenvalue weighted by Gasteiger charge is -2.37. The van der Waals surface area contributed by atoms with E-state index in [4.69, 9.17) is 9.47 Å². The molecule has 1 aliphatic heterocycles. The molecular weight excluding hydrogens is 260 g/mol. The van der Waals surface area contributed by atoms with Gasteiger partial charge in [-0.15, -0.1) is 0 Å². The van der Waals surface area contributed by atoms with Crippen molar-refractivity contribution in [3.8, 4) is 11.5 Å². The number of phenols is 2. The van der Waals surface area contributed by atoms with Gasteiger partial charge >= 0.3 is 0 Å². The summed E-state index contributed by atoms with van der Waals surface area (Å²) >= 11 is 0. The zero-order chi connectivity index (χ0) is 14.9. The number of Topliss-reactive ketones (excluding diaryl/α,β-unsaturated/α-hetero) is 1. The van der Waals surface area contributed by atoms with E-state index in [-0.39, 0.29) is 28.9 Å². The van der Waals surface area contributed by atoms with E-state index in [1.54, 1.807) is 6.92 Å². The Balaban J connectivity index is 2.38. The minimum atomic E-state index is -1.33. The molecule has 0 amide bonds. The highest BCUT2D eigenvalue weighted by molar-refractivity contribution is 6.02. The molecule has 0 bridgehead atoms. The van der Waals surface area contributed by atoms with Crippen LogP contribution in [-0.2, 0) is 9.47 Å². The monoisotopic (exact) mass is 280 g/mol. The van der Waals surface area contributed by atoms with Gasteiger partial charge in [-0.1, -0.05) is 0 Å². The van der Waals surface area contributed by atoms with Gasteiger partial charge in [-0.05, 0) is 38.8 Å². The molecular formula is C15H20O5. The van der Waals surface area contributed by atoms with E-state index in [1.807, 2.05) is 6.92 Å². The number of carbonyl (C=O) groups is 1. The third kappa shape index (κ3) is 2.51. The van der Waals surface area contributed by atoms with E-state index in [0.717, 1.165) is 12.8 Å². The fraction of sp³-hybridized carbons (Fsp3) is 0.533. The van der Waals surface area contributed by atoms with Crippen LogP contribution in [0.3, 0.4) is 0 Å². The molecule has 2 atom stereocenters. The molecule has 1 fully saturated rings. The van der Waals surface area contributed by atoms with Crippen LogP contribution in [0.5, 0.6) is 11.5 Å². The van der Waals surface area contributed by atoms with Gasteiger partial charge in [0.15, 0.2) is 0 Å². The van der Waals surface area contributed by atoms with Crippen LogP contribution in [0, 0.1) is 6.92 Å². The summed E-state index contributed by atoms with van der Waals surface area (Å²) in [6.45, 7) is 3.47. The van der Waals surface area contributed by atoms with E-state index in [1.165, 1.54) is 19.2 Å². The smallest absolute Gasteiger partial charge is 0.233 e. The first-order chi connectivity index (χ1) is 9.39. The molecule has 2 rings (SSSR count). The van der Waals surface area contributed by atoms with Gasteiger partial charge in [-0.25, -0.2) is 0 Å². The van der Waals surface area contributed by atoms with E-state index < -0.39 is 5.79 Å². The van der Waals surface area contributed by atoms with Crippen LogP contribution in [-0.4, -0.2) is 35.0 Å². The van der Waals surface area contributed by atoms with Crippen LogP contribution < -0.4 is 0 Å². The van der Waals surface area contributed by atoms with Gasteiger partial charge < -0.3 is 19.7 Å². The molecule has 2 N–H and O–H groups in total. The number of hydrogen-bond acceptors (Lipinski definition) is 5. The van der Waals surface area contributed by atoms with Gasteiger partial charge in [0.25, 0.3) is 0 Å². The van der Waals surface area contributed by atoms with Crippen molar-refractivity contribution in [2.75, 3.05) is 7.11 Å². The highest BCUT2D eigenvalue weighted by Crippen LogP contribution is 2.35. The van der Waals surface area contributed by atoms with Crippen LogP contribution >= 0.6 is 0 Å². The minimum absolute atomic E-state index is 0.0692. The van der Waals surface area contributed by atoms with Crippen LogP contribution in [0.1, 0.15) is 42.1 Å². The number of ketones is 1. The van der Waals surface area contributed by atoms with Crippen LogP contribution in [0.2, 0.25) is 0 Å². The first-order valence-corrected chi connectivity index (χ1v) is 6.70. The van der Waals surface area contributed by atoms with Crippen LogP contribution in [0.25, 0.3) is 0 Å². The Hall–Kier alpha value is -1.59. The van der Waals surface area contributed by atoms with Crippen molar-refractivity contribution in [1.29, 1.82) is 0 Å². The average molecular weight is 280 g/mol. The Morgan fingerprint density at radius 1 is 1.40 bits per heavy atom. The predicted octanol–water partition coefficient (Wildman–Crippen LogP) is 2.52. The zero-order valence-electron chi connectivity index (χ0n) is 12.0. The number of rotatable bonds is 3. The van der Waals surface area contributed by atoms with E-state index in [0.29, 0.717) is 12.0 Å². The fourth-order valence-corrected chi connectivity index (χ4v) is 2.51. The van der Waals surface area contributed by atoms with Gasteiger partial charge in [0, 0.05) is 24.7 Å². The number of carbonyl (C=O) groups excluding carboxylic acids is 1. The largest absolute Gasteiger partial charge is 0.508 e. The summed E-state index contributed by atoms with van der Waals surface area (Å²) in [4.78, 5) is 12.6. The molecule has 110 valence electrons. The van der Waals surface area contributed by atoms with E-state index >= 15 is 0 Å². The Kier molecular flexibility index (Phi) is 4.01. The van der Waals surface area contributed by atoms with Crippen molar-refractivity contribution in [3.63, 3.8) is 0 Å². The zero-order valence-corrected chi connectivity index (χ0v) is 12.0. The van der Waals surface area contributed by atoms with Gasteiger partial charge in [0.2, 0.25) is 11.6 Å². The second-order valence-electron chi connectivity index (χ2n) is 5.25. The molecule has 2 unspecified atom stereocenters. The molecule has 20 heavy (non-hydrogen) atoms. The molecule has 0 radical (unpaired) electrons. The molecule has 5 heteroatoms. The number of aromatic hydroxyl groups is 2. The normalized spacial score (nSPS) is 26.4. The average Bonchev–Trinajstić information content (AvgIpc) is 2.43. The molecule has 0 aromatic heterocycles. The molecule has 0 aliphatic carbocycles. The summed E-state index contributed by atoms with van der Waals surface area (Å²) in [6, 6.07) is 2.67. The summed E-state index contributed by atoms with van der Waals surface area (Å²) in [6.07, 6.45) is 2.09. The SMILES string of the molecule is COC1(C(=O)c2cc(O)c(C)c(O)c2)CCCC(C)O1. The summed E-state index contributed by atoms with van der Waals surface area (Å²) < 4.78 is 11.1. The van der Waals surface area contributed by atoms with Crippen molar-refractivity contribution in [3.05, 3.63) is 23.3 Å². The maximum Gasteiger partial charge on any atom is 0.233 e. The van der Waals surface area contributed by atoms with Crippen molar-refractivity contribution in [1.82, 2.24) is 0 Å². The first kappa shape index (κ1) is 14.8. The van der Waals surface area contributed by atoms with Crippen LogP contribution in [0.15, 0.2) is 12.1 Å². The predicted molar refractivity (Wildman–Crippen MR) is 73.0 cm³/mol. The highest BCUT2D eigenvalue weighted by atomic mass is 16.7.